The number of carbonyl (C=O) groups excluding carboxylic acids is 2. The molecule has 2 atom stereocenters. The summed E-state index contributed by atoms with van der Waals surface area (Å²) in [7, 11) is 0. The fourth-order valence-electron chi connectivity index (χ4n) is 2.87. The van der Waals surface area contributed by atoms with Gasteiger partial charge in [0.1, 0.15) is 0 Å². The second-order valence-electron chi connectivity index (χ2n) is 5.64. The fourth-order valence-corrected chi connectivity index (χ4v) is 2.87. The van der Waals surface area contributed by atoms with E-state index in [1.165, 1.54) is 0 Å². The Balaban J connectivity index is 1.93. The zero-order valence-electron chi connectivity index (χ0n) is 12.1. The summed E-state index contributed by atoms with van der Waals surface area (Å²) in [5, 5.41) is 15.1. The zero-order chi connectivity index (χ0) is 15.9. The van der Waals surface area contributed by atoms with Crippen LogP contribution < -0.4 is 15.5 Å². The van der Waals surface area contributed by atoms with Gasteiger partial charge in [-0.15, -0.1) is 0 Å². The van der Waals surface area contributed by atoms with Crippen LogP contribution in [0.5, 0.6) is 0 Å². The lowest BCUT2D eigenvalue weighted by Gasteiger charge is -2.34. The van der Waals surface area contributed by atoms with Gasteiger partial charge in [0.25, 0.3) is 0 Å². The van der Waals surface area contributed by atoms with Crippen molar-refractivity contribution in [3.63, 3.8) is 0 Å². The van der Waals surface area contributed by atoms with E-state index in [1.807, 2.05) is 0 Å². The van der Waals surface area contributed by atoms with Crippen molar-refractivity contribution in [2.45, 2.75) is 19.0 Å². The van der Waals surface area contributed by atoms with Crippen molar-refractivity contribution in [1.29, 1.82) is 0 Å². The van der Waals surface area contributed by atoms with E-state index in [0.29, 0.717) is 11.7 Å². The maximum atomic E-state index is 12.0. The molecule has 7 heteroatoms. The first kappa shape index (κ1) is 14.5. The molecule has 1 fully saturated rings. The number of ketones is 2. The Morgan fingerprint density at radius 2 is 2.14 bits per heavy atom. The maximum absolute atomic E-state index is 12.0. The third kappa shape index (κ3) is 2.43. The van der Waals surface area contributed by atoms with Gasteiger partial charge >= 0.3 is 5.97 Å². The number of hydrogen-bond donors (Lipinski definition) is 3. The maximum Gasteiger partial charge on any atom is 0.334 e. The molecule has 2 aliphatic heterocycles. The number of Topliss-reactive ketones (excluding diaryl/α,β-unsaturated/α-hetero) is 2. The predicted octanol–water partition coefficient (Wildman–Crippen LogP) is 0.115. The van der Waals surface area contributed by atoms with Crippen LogP contribution in [0.25, 0.3) is 0 Å². The second-order valence-corrected chi connectivity index (χ2v) is 5.64. The van der Waals surface area contributed by atoms with E-state index in [0.717, 1.165) is 25.3 Å². The number of rotatable bonds is 2. The van der Waals surface area contributed by atoms with Crippen molar-refractivity contribution in [2.75, 3.05) is 29.9 Å². The summed E-state index contributed by atoms with van der Waals surface area (Å²) in [4.78, 5) is 37.0. The minimum atomic E-state index is -1.50. The average Bonchev–Trinajstić information content (AvgIpc) is 2.50. The molecule has 1 aromatic carbocycles. The molecule has 2 aliphatic rings. The Morgan fingerprint density at radius 1 is 1.36 bits per heavy atom. The Kier molecular flexibility index (Phi) is 3.58. The quantitative estimate of drug-likeness (QED) is 0.527. The Bertz CT molecular complexity index is 658. The third-order valence-electron chi connectivity index (χ3n) is 4.01. The van der Waals surface area contributed by atoms with Gasteiger partial charge in [-0.2, -0.15) is 0 Å². The molecule has 116 valence electrons. The van der Waals surface area contributed by atoms with Gasteiger partial charge in [0, 0.05) is 42.6 Å². The standard InChI is InChI=1S/C15H17N3O4/c1-8-7-18(5-4-16-8)9-2-3-10-11(6-9)17-12(15(21)22)14(20)13(10)19/h2-3,6,8,12,16-17H,4-5,7H2,1H3,(H,21,22). The van der Waals surface area contributed by atoms with Crippen molar-refractivity contribution < 1.29 is 19.5 Å². The normalized spacial score (nSPS) is 24.7. The van der Waals surface area contributed by atoms with Crippen LogP contribution in [0.1, 0.15) is 17.3 Å². The molecule has 2 heterocycles. The van der Waals surface area contributed by atoms with Crippen LogP contribution in [0.4, 0.5) is 11.4 Å². The number of aliphatic carboxylic acids is 1. The van der Waals surface area contributed by atoms with E-state index in [4.69, 9.17) is 5.11 Å². The van der Waals surface area contributed by atoms with E-state index in [-0.39, 0.29) is 5.56 Å². The summed E-state index contributed by atoms with van der Waals surface area (Å²) in [6, 6.07) is 3.98. The average molecular weight is 303 g/mol. The van der Waals surface area contributed by atoms with Crippen molar-refractivity contribution in [2.24, 2.45) is 0 Å². The molecule has 2 unspecified atom stereocenters. The van der Waals surface area contributed by atoms with E-state index < -0.39 is 23.6 Å². The van der Waals surface area contributed by atoms with Gasteiger partial charge < -0.3 is 20.6 Å². The van der Waals surface area contributed by atoms with Crippen LogP contribution in [0.15, 0.2) is 18.2 Å². The summed E-state index contributed by atoms with van der Waals surface area (Å²) < 4.78 is 0. The van der Waals surface area contributed by atoms with Crippen LogP contribution in [-0.4, -0.2) is 54.4 Å². The number of carboxylic acids is 1. The minimum Gasteiger partial charge on any atom is -0.479 e. The first-order chi connectivity index (χ1) is 10.5. The highest BCUT2D eigenvalue weighted by Gasteiger charge is 2.38. The fraction of sp³-hybridized carbons (Fsp3) is 0.400. The van der Waals surface area contributed by atoms with Gasteiger partial charge in [-0.1, -0.05) is 0 Å². The van der Waals surface area contributed by atoms with Crippen LogP contribution in [0.3, 0.4) is 0 Å². The summed E-state index contributed by atoms with van der Waals surface area (Å²) in [6.07, 6.45) is 0. The number of fused-ring (bicyclic) bond motifs is 1. The lowest BCUT2D eigenvalue weighted by atomic mass is 9.95. The SMILES string of the molecule is CC1CN(c2ccc3c(c2)NC(C(=O)O)C(=O)C3=O)CCN1. The van der Waals surface area contributed by atoms with Gasteiger partial charge in [0.2, 0.25) is 11.6 Å². The molecule has 0 radical (unpaired) electrons. The zero-order valence-corrected chi connectivity index (χ0v) is 12.1. The van der Waals surface area contributed by atoms with Gasteiger partial charge in [-0.25, -0.2) is 4.79 Å². The van der Waals surface area contributed by atoms with E-state index in [1.54, 1.807) is 18.2 Å². The molecule has 0 aromatic heterocycles. The van der Waals surface area contributed by atoms with Gasteiger partial charge in [0.05, 0.1) is 0 Å². The molecule has 0 spiro atoms. The largest absolute Gasteiger partial charge is 0.479 e. The minimum absolute atomic E-state index is 0.231. The summed E-state index contributed by atoms with van der Waals surface area (Å²) in [5.41, 5.74) is 1.54. The van der Waals surface area contributed by atoms with Gasteiger partial charge in [-0.3, -0.25) is 9.59 Å². The van der Waals surface area contributed by atoms with E-state index in [2.05, 4.69) is 22.5 Å². The van der Waals surface area contributed by atoms with Crippen LogP contribution in [0.2, 0.25) is 0 Å². The monoisotopic (exact) mass is 303 g/mol. The Hall–Kier alpha value is -2.41. The number of anilines is 2. The molecule has 3 rings (SSSR count). The molecule has 0 amide bonds. The van der Waals surface area contributed by atoms with Gasteiger partial charge in [0.15, 0.2) is 6.04 Å². The molecule has 3 N–H and O–H groups in total. The second kappa shape index (κ2) is 5.42. The molecule has 7 nitrogen and oxygen atoms in total. The highest BCUT2D eigenvalue weighted by Crippen LogP contribution is 2.29. The van der Waals surface area contributed by atoms with Crippen molar-refractivity contribution in [3.8, 4) is 0 Å². The molecule has 1 saturated heterocycles. The van der Waals surface area contributed by atoms with Crippen molar-refractivity contribution in [1.82, 2.24) is 5.32 Å². The topological polar surface area (TPSA) is 98.7 Å². The van der Waals surface area contributed by atoms with Crippen molar-refractivity contribution in [3.05, 3.63) is 23.8 Å². The summed E-state index contributed by atoms with van der Waals surface area (Å²) >= 11 is 0. The van der Waals surface area contributed by atoms with Crippen LogP contribution in [-0.2, 0) is 9.59 Å². The number of nitrogens with one attached hydrogen (secondary N) is 2. The van der Waals surface area contributed by atoms with Gasteiger partial charge in [-0.05, 0) is 25.1 Å². The molecule has 1 aromatic rings. The van der Waals surface area contributed by atoms with Crippen LogP contribution >= 0.6 is 0 Å². The molecule has 0 saturated carbocycles. The first-order valence-corrected chi connectivity index (χ1v) is 7.17. The number of carbonyl (C=O) groups is 3. The molecule has 0 bridgehead atoms. The van der Waals surface area contributed by atoms with E-state index >= 15 is 0 Å². The molecule has 0 aliphatic carbocycles. The first-order valence-electron chi connectivity index (χ1n) is 7.17. The molecular formula is C15H17N3O4. The number of benzene rings is 1. The smallest absolute Gasteiger partial charge is 0.334 e. The molecule has 22 heavy (non-hydrogen) atoms. The highest BCUT2D eigenvalue weighted by molar-refractivity contribution is 6.51. The lowest BCUT2D eigenvalue weighted by molar-refractivity contribution is -0.140. The Labute approximate surface area is 127 Å². The number of piperazine rings is 1. The van der Waals surface area contributed by atoms with Crippen molar-refractivity contribution >= 4 is 28.9 Å². The highest BCUT2D eigenvalue weighted by atomic mass is 16.4. The summed E-state index contributed by atoms with van der Waals surface area (Å²) in [6.45, 7) is 4.61. The van der Waals surface area contributed by atoms with Crippen LogP contribution in [0, 0.1) is 0 Å². The number of nitrogens with zero attached hydrogens (tertiary/aromatic N) is 1. The Morgan fingerprint density at radius 3 is 2.82 bits per heavy atom. The summed E-state index contributed by atoms with van der Waals surface area (Å²) in [5.74, 6) is -3.02. The predicted molar refractivity (Wildman–Crippen MR) is 80.5 cm³/mol. The number of carboxylic acid groups (broad SMARTS) is 1. The molecular weight excluding hydrogens is 286 g/mol. The lowest BCUT2D eigenvalue weighted by Crippen LogP contribution is -2.49. The van der Waals surface area contributed by atoms with E-state index in [9.17, 15) is 14.4 Å². The third-order valence-corrected chi connectivity index (χ3v) is 4.01. The number of hydrogen-bond acceptors (Lipinski definition) is 6.